The van der Waals surface area contributed by atoms with Crippen LogP contribution in [-0.4, -0.2) is 46.8 Å². The topological polar surface area (TPSA) is 101 Å². The van der Waals surface area contributed by atoms with Gasteiger partial charge in [-0.2, -0.15) is 18.2 Å². The SMILES string of the molecule is CCC#Cc1noc(C2CN=CNC2)n1.O=C(O)C(F)(F)F. The average Bonchev–Trinajstić information content (AvgIpc) is 2.94. The van der Waals surface area contributed by atoms with Crippen LogP contribution in [-0.2, 0) is 4.79 Å². The van der Waals surface area contributed by atoms with E-state index in [0.717, 1.165) is 13.0 Å². The van der Waals surface area contributed by atoms with Gasteiger partial charge in [0.15, 0.2) is 0 Å². The second-order valence-corrected chi connectivity index (χ2v) is 4.01. The molecular formula is C12H13F3N4O3. The van der Waals surface area contributed by atoms with Crippen LogP contribution in [0.1, 0.15) is 31.0 Å². The molecule has 1 aromatic rings. The highest BCUT2D eigenvalue weighted by Gasteiger charge is 2.38. The first-order valence-electron chi connectivity index (χ1n) is 6.18. The molecule has 0 amide bonds. The second kappa shape index (κ2) is 8.02. The molecule has 0 aromatic carbocycles. The van der Waals surface area contributed by atoms with Crippen molar-refractivity contribution < 1.29 is 27.6 Å². The third kappa shape index (κ3) is 5.82. The zero-order chi connectivity index (χ0) is 16.6. The van der Waals surface area contributed by atoms with Gasteiger partial charge in [-0.15, -0.1) is 0 Å². The summed E-state index contributed by atoms with van der Waals surface area (Å²) in [5, 5.41) is 13.9. The molecule has 0 spiro atoms. The number of hydrogen-bond donors (Lipinski definition) is 2. The van der Waals surface area contributed by atoms with Crippen LogP contribution < -0.4 is 5.32 Å². The summed E-state index contributed by atoms with van der Waals surface area (Å²) in [6, 6.07) is 0. The Balaban J connectivity index is 0.000000295. The molecular weight excluding hydrogens is 305 g/mol. The van der Waals surface area contributed by atoms with Crippen molar-refractivity contribution in [3.05, 3.63) is 11.7 Å². The lowest BCUT2D eigenvalue weighted by atomic mass is 10.1. The predicted octanol–water partition coefficient (Wildman–Crippen LogP) is 1.18. The first kappa shape index (κ1) is 17.5. The van der Waals surface area contributed by atoms with Crippen molar-refractivity contribution in [1.82, 2.24) is 15.5 Å². The molecule has 1 aliphatic heterocycles. The van der Waals surface area contributed by atoms with Gasteiger partial charge in [0.1, 0.15) is 0 Å². The summed E-state index contributed by atoms with van der Waals surface area (Å²) in [7, 11) is 0. The summed E-state index contributed by atoms with van der Waals surface area (Å²) in [6.45, 7) is 3.45. The van der Waals surface area contributed by atoms with Gasteiger partial charge in [0.2, 0.25) is 11.7 Å². The third-order valence-electron chi connectivity index (χ3n) is 2.28. The lowest BCUT2D eigenvalue weighted by Crippen LogP contribution is -2.27. The van der Waals surface area contributed by atoms with Crippen molar-refractivity contribution in [1.29, 1.82) is 0 Å². The molecule has 120 valence electrons. The highest BCUT2D eigenvalue weighted by Crippen LogP contribution is 2.14. The van der Waals surface area contributed by atoms with Gasteiger partial charge in [0.05, 0.1) is 18.8 Å². The Morgan fingerprint density at radius 3 is 2.77 bits per heavy atom. The zero-order valence-electron chi connectivity index (χ0n) is 11.5. The number of aliphatic imine (C=N–C) groups is 1. The lowest BCUT2D eigenvalue weighted by Gasteiger charge is -2.13. The van der Waals surface area contributed by atoms with E-state index in [2.05, 4.69) is 32.3 Å². The number of carboxylic acid groups (broad SMARTS) is 1. The van der Waals surface area contributed by atoms with Crippen LogP contribution in [0.25, 0.3) is 0 Å². The van der Waals surface area contributed by atoms with Gasteiger partial charge in [-0.1, -0.05) is 12.8 Å². The van der Waals surface area contributed by atoms with Crippen LogP contribution in [0.5, 0.6) is 0 Å². The minimum atomic E-state index is -5.08. The molecule has 2 heterocycles. The van der Waals surface area contributed by atoms with E-state index >= 15 is 0 Å². The number of aliphatic carboxylic acids is 1. The zero-order valence-corrected chi connectivity index (χ0v) is 11.5. The molecule has 2 N–H and O–H groups in total. The summed E-state index contributed by atoms with van der Waals surface area (Å²) < 4.78 is 36.9. The third-order valence-corrected chi connectivity index (χ3v) is 2.28. The van der Waals surface area contributed by atoms with Gasteiger partial charge in [-0.3, -0.25) is 4.99 Å². The summed E-state index contributed by atoms with van der Waals surface area (Å²) in [4.78, 5) is 17.2. The molecule has 0 saturated heterocycles. The largest absolute Gasteiger partial charge is 0.490 e. The highest BCUT2D eigenvalue weighted by atomic mass is 19.4. The fourth-order valence-electron chi connectivity index (χ4n) is 1.29. The quantitative estimate of drug-likeness (QED) is 0.754. The number of carboxylic acids is 1. The van der Waals surface area contributed by atoms with Gasteiger partial charge in [-0.25, -0.2) is 4.79 Å². The molecule has 1 atom stereocenters. The van der Waals surface area contributed by atoms with Gasteiger partial charge in [0.25, 0.3) is 0 Å². The molecule has 0 aliphatic carbocycles. The van der Waals surface area contributed by atoms with Crippen molar-refractivity contribution in [2.45, 2.75) is 25.4 Å². The standard InChI is InChI=1S/C10H12N4O.C2HF3O2/c1-2-3-4-9-13-10(15-14-9)8-5-11-7-12-6-8;3-2(4,5)1(6)7/h7-8H,2,5-6H2,1H3,(H,11,12);(H,6,7). The minimum absolute atomic E-state index is 0.166. The summed E-state index contributed by atoms with van der Waals surface area (Å²) in [5.41, 5.74) is 0. The van der Waals surface area contributed by atoms with E-state index in [1.54, 1.807) is 6.34 Å². The van der Waals surface area contributed by atoms with Crippen molar-refractivity contribution in [2.75, 3.05) is 13.1 Å². The number of halogens is 3. The average molecular weight is 318 g/mol. The molecule has 7 nitrogen and oxygen atoms in total. The Hall–Kier alpha value is -2.57. The highest BCUT2D eigenvalue weighted by molar-refractivity contribution is 5.73. The Bertz CT molecular complexity index is 586. The molecule has 1 unspecified atom stereocenters. The van der Waals surface area contributed by atoms with Crippen molar-refractivity contribution in [2.24, 2.45) is 4.99 Å². The molecule has 22 heavy (non-hydrogen) atoms. The fraction of sp³-hybridized carbons (Fsp3) is 0.500. The van der Waals surface area contributed by atoms with E-state index in [-0.39, 0.29) is 5.92 Å². The minimum Gasteiger partial charge on any atom is -0.475 e. The van der Waals surface area contributed by atoms with Crippen LogP contribution in [0.2, 0.25) is 0 Å². The van der Waals surface area contributed by atoms with E-state index in [1.165, 1.54) is 0 Å². The van der Waals surface area contributed by atoms with Gasteiger partial charge in [0, 0.05) is 13.0 Å². The molecule has 0 bridgehead atoms. The van der Waals surface area contributed by atoms with Crippen LogP contribution in [0.15, 0.2) is 9.52 Å². The van der Waals surface area contributed by atoms with Gasteiger partial charge >= 0.3 is 12.1 Å². The predicted molar refractivity (Wildman–Crippen MR) is 69.3 cm³/mol. The van der Waals surface area contributed by atoms with E-state index < -0.39 is 12.1 Å². The Morgan fingerprint density at radius 2 is 2.27 bits per heavy atom. The smallest absolute Gasteiger partial charge is 0.475 e. The number of alkyl halides is 3. The fourth-order valence-corrected chi connectivity index (χ4v) is 1.29. The van der Waals surface area contributed by atoms with E-state index in [9.17, 15) is 13.2 Å². The molecule has 0 fully saturated rings. The van der Waals surface area contributed by atoms with Crippen LogP contribution >= 0.6 is 0 Å². The number of nitrogens with zero attached hydrogens (tertiary/aromatic N) is 3. The van der Waals surface area contributed by atoms with Crippen molar-refractivity contribution in [3.8, 4) is 11.8 Å². The van der Waals surface area contributed by atoms with Crippen LogP contribution in [0.4, 0.5) is 13.2 Å². The summed E-state index contributed by atoms with van der Waals surface area (Å²) in [5.74, 6) is 4.21. The molecule has 1 aromatic heterocycles. The lowest BCUT2D eigenvalue weighted by molar-refractivity contribution is -0.192. The number of aromatic nitrogens is 2. The van der Waals surface area contributed by atoms with E-state index in [4.69, 9.17) is 14.4 Å². The number of carbonyl (C=O) groups is 1. The Morgan fingerprint density at radius 1 is 1.59 bits per heavy atom. The van der Waals surface area contributed by atoms with E-state index in [1.807, 2.05) is 6.92 Å². The maximum atomic E-state index is 10.6. The first-order valence-corrected chi connectivity index (χ1v) is 6.18. The molecule has 0 radical (unpaired) electrons. The van der Waals surface area contributed by atoms with Gasteiger partial charge in [-0.05, 0) is 11.1 Å². The van der Waals surface area contributed by atoms with Crippen LogP contribution in [0.3, 0.4) is 0 Å². The maximum Gasteiger partial charge on any atom is 0.490 e. The molecule has 0 saturated carbocycles. The summed E-state index contributed by atoms with van der Waals surface area (Å²) >= 11 is 0. The molecule has 10 heteroatoms. The second-order valence-electron chi connectivity index (χ2n) is 4.01. The monoisotopic (exact) mass is 318 g/mol. The summed E-state index contributed by atoms with van der Waals surface area (Å²) in [6.07, 6.45) is -2.59. The number of hydrogen-bond acceptors (Lipinski definition) is 6. The number of nitrogens with one attached hydrogen (secondary N) is 1. The van der Waals surface area contributed by atoms with E-state index in [0.29, 0.717) is 18.3 Å². The normalized spacial score (nSPS) is 16.6. The Labute approximate surface area is 123 Å². The first-order chi connectivity index (χ1) is 10.3. The van der Waals surface area contributed by atoms with Gasteiger partial charge < -0.3 is 14.9 Å². The molecule has 2 rings (SSSR count). The van der Waals surface area contributed by atoms with Crippen molar-refractivity contribution in [3.63, 3.8) is 0 Å². The number of rotatable bonds is 1. The van der Waals surface area contributed by atoms with Crippen LogP contribution in [0, 0.1) is 11.8 Å². The Kier molecular flexibility index (Phi) is 6.37. The van der Waals surface area contributed by atoms with Crippen molar-refractivity contribution >= 4 is 12.3 Å². The molecule has 1 aliphatic rings. The maximum absolute atomic E-state index is 10.6.